The highest BCUT2D eigenvalue weighted by atomic mass is 16.2. The Labute approximate surface area is 149 Å². The van der Waals surface area contributed by atoms with Crippen LogP contribution in [0.25, 0.3) is 0 Å². The van der Waals surface area contributed by atoms with Crippen LogP contribution in [0.1, 0.15) is 64.7 Å². The summed E-state index contributed by atoms with van der Waals surface area (Å²) >= 11 is 0. The van der Waals surface area contributed by atoms with Crippen molar-refractivity contribution < 1.29 is 14.4 Å². The van der Waals surface area contributed by atoms with Crippen molar-refractivity contribution in [3.63, 3.8) is 0 Å². The zero-order valence-electron chi connectivity index (χ0n) is 15.2. The van der Waals surface area contributed by atoms with Crippen LogP contribution in [-0.4, -0.2) is 52.9 Å². The molecule has 7 nitrogen and oxygen atoms in total. The number of hydrazine groups is 1. The molecule has 25 heavy (non-hydrogen) atoms. The average Bonchev–Trinajstić information content (AvgIpc) is 2.85. The highest BCUT2D eigenvalue weighted by molar-refractivity contribution is 6.07. The van der Waals surface area contributed by atoms with Crippen LogP contribution < -0.4 is 10.7 Å². The van der Waals surface area contributed by atoms with Gasteiger partial charge >= 0.3 is 6.03 Å². The first-order valence-corrected chi connectivity index (χ1v) is 9.72. The molecule has 0 aromatic rings. The minimum atomic E-state index is -0.788. The Hall–Kier alpha value is -1.63. The number of carbonyl (C=O) groups excluding carboxylic acids is 3. The summed E-state index contributed by atoms with van der Waals surface area (Å²) < 4.78 is 0. The Morgan fingerprint density at radius 2 is 2.00 bits per heavy atom. The lowest BCUT2D eigenvalue weighted by atomic mass is 9.82. The Morgan fingerprint density at radius 1 is 1.24 bits per heavy atom. The van der Waals surface area contributed by atoms with Crippen LogP contribution in [0, 0.1) is 5.92 Å². The van der Waals surface area contributed by atoms with Gasteiger partial charge in [-0.15, -0.1) is 0 Å². The van der Waals surface area contributed by atoms with Gasteiger partial charge in [0.15, 0.2) is 0 Å². The average molecular weight is 350 g/mol. The predicted molar refractivity (Wildman–Crippen MR) is 93.4 cm³/mol. The molecule has 7 heteroatoms. The van der Waals surface area contributed by atoms with E-state index in [1.54, 1.807) is 0 Å². The van der Waals surface area contributed by atoms with E-state index in [4.69, 9.17) is 0 Å². The monoisotopic (exact) mass is 350 g/mol. The summed E-state index contributed by atoms with van der Waals surface area (Å²) in [5.74, 6) is 0.151. The maximum Gasteiger partial charge on any atom is 0.344 e. The molecular weight excluding hydrogens is 320 g/mol. The van der Waals surface area contributed by atoms with E-state index in [9.17, 15) is 14.4 Å². The Morgan fingerprint density at radius 3 is 2.72 bits per heavy atom. The molecule has 1 atom stereocenters. The third-order valence-electron chi connectivity index (χ3n) is 5.94. The maximum absolute atomic E-state index is 12.6. The second kappa shape index (κ2) is 7.72. The molecule has 140 valence electrons. The summed E-state index contributed by atoms with van der Waals surface area (Å²) in [6.07, 6.45) is 8.20. The third-order valence-corrected chi connectivity index (χ3v) is 5.94. The fraction of sp³-hybridized carbons (Fsp3) is 0.833. The van der Waals surface area contributed by atoms with Gasteiger partial charge in [0.1, 0.15) is 5.54 Å². The van der Waals surface area contributed by atoms with Crippen molar-refractivity contribution in [2.45, 2.75) is 70.3 Å². The van der Waals surface area contributed by atoms with Crippen LogP contribution in [0.3, 0.4) is 0 Å². The Bertz CT molecular complexity index is 530. The largest absolute Gasteiger partial charge is 0.344 e. The zero-order valence-corrected chi connectivity index (χ0v) is 15.2. The molecule has 4 amide bonds. The fourth-order valence-corrected chi connectivity index (χ4v) is 4.34. The molecule has 1 spiro atoms. The Balaban J connectivity index is 1.49. The second-order valence-corrected chi connectivity index (χ2v) is 7.72. The van der Waals surface area contributed by atoms with Gasteiger partial charge < -0.3 is 10.2 Å². The van der Waals surface area contributed by atoms with Gasteiger partial charge in [-0.25, -0.2) is 4.79 Å². The SMILES string of the molecule is CCC1CCCN(CCC(=O)NN2C(=O)NC3(CCCCC3)C2=O)C1. The first kappa shape index (κ1) is 18.2. The zero-order chi connectivity index (χ0) is 17.9. The molecule has 1 aliphatic carbocycles. The van der Waals surface area contributed by atoms with Gasteiger partial charge in [-0.05, 0) is 38.1 Å². The van der Waals surface area contributed by atoms with Crippen LogP contribution in [0.15, 0.2) is 0 Å². The van der Waals surface area contributed by atoms with Crippen molar-refractivity contribution in [2.24, 2.45) is 5.92 Å². The number of likely N-dealkylation sites (tertiary alicyclic amines) is 1. The second-order valence-electron chi connectivity index (χ2n) is 7.72. The summed E-state index contributed by atoms with van der Waals surface area (Å²) in [4.78, 5) is 39.3. The molecule has 3 aliphatic rings. The first-order chi connectivity index (χ1) is 12.0. The Kier molecular flexibility index (Phi) is 5.61. The van der Waals surface area contributed by atoms with Crippen LogP contribution in [0.4, 0.5) is 4.79 Å². The van der Waals surface area contributed by atoms with Gasteiger partial charge in [0, 0.05) is 19.5 Å². The van der Waals surface area contributed by atoms with E-state index in [1.807, 2.05) is 0 Å². The smallest absolute Gasteiger partial charge is 0.322 e. The van der Waals surface area contributed by atoms with E-state index < -0.39 is 11.6 Å². The number of hydrogen-bond acceptors (Lipinski definition) is 4. The first-order valence-electron chi connectivity index (χ1n) is 9.72. The van der Waals surface area contributed by atoms with E-state index in [0.717, 1.165) is 37.4 Å². The summed E-state index contributed by atoms with van der Waals surface area (Å²) in [6, 6.07) is -0.496. The number of rotatable bonds is 5. The van der Waals surface area contributed by atoms with E-state index in [2.05, 4.69) is 22.6 Å². The summed E-state index contributed by atoms with van der Waals surface area (Å²) in [5.41, 5.74) is 1.73. The lowest BCUT2D eigenvalue weighted by Gasteiger charge is -2.32. The quantitative estimate of drug-likeness (QED) is 0.741. The van der Waals surface area contributed by atoms with Gasteiger partial charge in [0.25, 0.3) is 5.91 Å². The molecule has 0 aromatic carbocycles. The van der Waals surface area contributed by atoms with Crippen LogP contribution in [0.2, 0.25) is 0 Å². The van der Waals surface area contributed by atoms with Crippen molar-refractivity contribution in [2.75, 3.05) is 19.6 Å². The van der Waals surface area contributed by atoms with Crippen molar-refractivity contribution >= 4 is 17.8 Å². The molecule has 2 aliphatic heterocycles. The number of carbonyl (C=O) groups is 3. The predicted octanol–water partition coefficient (Wildman–Crippen LogP) is 1.78. The highest BCUT2D eigenvalue weighted by Gasteiger charge is 2.52. The molecule has 1 saturated carbocycles. The summed E-state index contributed by atoms with van der Waals surface area (Å²) in [7, 11) is 0. The van der Waals surface area contributed by atoms with Gasteiger partial charge in [0.2, 0.25) is 5.91 Å². The number of urea groups is 1. The van der Waals surface area contributed by atoms with Gasteiger partial charge in [-0.1, -0.05) is 32.6 Å². The van der Waals surface area contributed by atoms with Gasteiger partial charge in [-0.3, -0.25) is 15.0 Å². The van der Waals surface area contributed by atoms with E-state index in [1.165, 1.54) is 19.3 Å². The molecule has 1 unspecified atom stereocenters. The number of nitrogens with zero attached hydrogens (tertiary/aromatic N) is 2. The number of imide groups is 1. The molecular formula is C18H30N4O3. The van der Waals surface area contributed by atoms with E-state index in [-0.39, 0.29) is 11.8 Å². The topological polar surface area (TPSA) is 81.8 Å². The van der Waals surface area contributed by atoms with E-state index in [0.29, 0.717) is 31.7 Å². The standard InChI is InChI=1S/C18H30N4O3/c1-2-14-7-6-11-21(13-14)12-8-15(23)20-22-16(24)18(19-17(22)25)9-4-3-5-10-18/h14H,2-13H2,1H3,(H,19,25)(H,20,23). The lowest BCUT2D eigenvalue weighted by Crippen LogP contribution is -2.51. The lowest BCUT2D eigenvalue weighted by molar-refractivity contribution is -0.140. The summed E-state index contributed by atoms with van der Waals surface area (Å²) in [6.45, 7) is 4.95. The van der Waals surface area contributed by atoms with E-state index >= 15 is 0 Å². The van der Waals surface area contributed by atoms with Crippen LogP contribution >= 0.6 is 0 Å². The third kappa shape index (κ3) is 3.97. The molecule has 2 saturated heterocycles. The number of amides is 4. The number of hydrogen-bond donors (Lipinski definition) is 2. The molecule has 0 aromatic heterocycles. The highest BCUT2D eigenvalue weighted by Crippen LogP contribution is 2.33. The van der Waals surface area contributed by atoms with Crippen LogP contribution in [0.5, 0.6) is 0 Å². The number of nitrogens with one attached hydrogen (secondary N) is 2. The normalized spacial score (nSPS) is 26.8. The summed E-state index contributed by atoms with van der Waals surface area (Å²) in [5, 5.41) is 3.71. The molecule has 0 bridgehead atoms. The van der Waals surface area contributed by atoms with Crippen molar-refractivity contribution in [1.82, 2.24) is 20.7 Å². The van der Waals surface area contributed by atoms with Crippen molar-refractivity contribution in [3.05, 3.63) is 0 Å². The minimum absolute atomic E-state index is 0.269. The molecule has 0 radical (unpaired) electrons. The van der Waals surface area contributed by atoms with Gasteiger partial charge in [0.05, 0.1) is 0 Å². The number of piperidine rings is 1. The van der Waals surface area contributed by atoms with Crippen molar-refractivity contribution in [1.29, 1.82) is 0 Å². The molecule has 3 rings (SSSR count). The molecule has 2 heterocycles. The molecule has 2 N–H and O–H groups in total. The fourth-order valence-electron chi connectivity index (χ4n) is 4.34. The maximum atomic E-state index is 12.6. The molecule has 3 fully saturated rings. The minimum Gasteiger partial charge on any atom is -0.322 e. The van der Waals surface area contributed by atoms with Crippen molar-refractivity contribution in [3.8, 4) is 0 Å². The van der Waals surface area contributed by atoms with Gasteiger partial charge in [-0.2, -0.15) is 5.01 Å². The van der Waals surface area contributed by atoms with Crippen LogP contribution in [-0.2, 0) is 9.59 Å².